The van der Waals surface area contributed by atoms with E-state index in [2.05, 4.69) is 65.2 Å². The van der Waals surface area contributed by atoms with Crippen LogP contribution in [-0.4, -0.2) is 11.0 Å². The normalized spacial score (nSPS) is 12.9. The monoisotopic (exact) mass is 320 g/mol. The van der Waals surface area contributed by atoms with Crippen LogP contribution in [0.15, 0.2) is 34.9 Å². The first-order chi connectivity index (χ1) is 9.17. The van der Waals surface area contributed by atoms with Crippen molar-refractivity contribution in [3.05, 3.63) is 34.9 Å². The molecule has 102 valence electrons. The highest BCUT2D eigenvalue weighted by Crippen LogP contribution is 2.28. The average Bonchev–Trinajstić information content (AvgIpc) is 2.41. The molecule has 0 bridgehead atoms. The smallest absolute Gasteiger partial charge is 0.134 e. The predicted octanol–water partition coefficient (Wildman–Crippen LogP) is 5.23. The van der Waals surface area contributed by atoms with E-state index in [1.807, 2.05) is 12.3 Å². The summed E-state index contributed by atoms with van der Waals surface area (Å²) in [5.41, 5.74) is 0. The number of hydrogen-bond donors (Lipinski definition) is 1. The van der Waals surface area contributed by atoms with Gasteiger partial charge in [-0.3, -0.25) is 0 Å². The summed E-state index contributed by atoms with van der Waals surface area (Å²) in [7, 11) is 0. The van der Waals surface area contributed by atoms with Crippen LogP contribution in [0.1, 0.15) is 33.6 Å². The van der Waals surface area contributed by atoms with Gasteiger partial charge in [-0.1, -0.05) is 54.8 Å². The molecule has 0 saturated carbocycles. The first kappa shape index (κ1) is 14.3. The average molecular weight is 321 g/mol. The summed E-state index contributed by atoms with van der Waals surface area (Å²) in [5.74, 6) is 1.67. The zero-order chi connectivity index (χ0) is 13.8. The summed E-state index contributed by atoms with van der Waals surface area (Å²) in [6.07, 6.45) is 4.26. The number of rotatable bonds is 5. The Hall–Kier alpha value is -1.09. The van der Waals surface area contributed by atoms with E-state index in [0.29, 0.717) is 12.0 Å². The Bertz CT molecular complexity index is 549. The summed E-state index contributed by atoms with van der Waals surface area (Å²) >= 11 is 3.60. The number of hydrogen-bond acceptors (Lipinski definition) is 2. The maximum Gasteiger partial charge on any atom is 0.134 e. The summed E-state index contributed by atoms with van der Waals surface area (Å²) < 4.78 is 1.12. The molecule has 0 saturated heterocycles. The Balaban J connectivity index is 2.33. The second-order valence-electron chi connectivity index (χ2n) is 5.00. The highest BCUT2D eigenvalue weighted by Gasteiger charge is 2.15. The molecule has 2 nitrogen and oxygen atoms in total. The largest absolute Gasteiger partial charge is 0.367 e. The van der Waals surface area contributed by atoms with E-state index < -0.39 is 0 Å². The second-order valence-corrected chi connectivity index (χ2v) is 5.86. The van der Waals surface area contributed by atoms with Crippen molar-refractivity contribution in [2.24, 2.45) is 5.92 Å². The van der Waals surface area contributed by atoms with Crippen molar-refractivity contribution in [3.8, 4) is 0 Å². The van der Waals surface area contributed by atoms with Gasteiger partial charge in [-0.05, 0) is 25.0 Å². The van der Waals surface area contributed by atoms with Gasteiger partial charge >= 0.3 is 0 Å². The molecule has 1 heterocycles. The number of nitrogens with zero attached hydrogens (tertiary/aromatic N) is 1. The van der Waals surface area contributed by atoms with Gasteiger partial charge in [0.05, 0.1) is 0 Å². The van der Waals surface area contributed by atoms with E-state index in [9.17, 15) is 0 Å². The fourth-order valence-corrected chi connectivity index (χ4v) is 3.11. The van der Waals surface area contributed by atoms with Crippen LogP contribution in [0.5, 0.6) is 0 Å². The SMILES string of the molecule is CCC(CC)C(C)Nc1nccc2c(Br)cccc12. The molecule has 1 N–H and O–H groups in total. The van der Waals surface area contributed by atoms with Gasteiger partial charge < -0.3 is 5.32 Å². The van der Waals surface area contributed by atoms with Crippen LogP contribution in [0.25, 0.3) is 10.8 Å². The van der Waals surface area contributed by atoms with Crippen LogP contribution in [0.2, 0.25) is 0 Å². The molecule has 1 atom stereocenters. The molecule has 0 radical (unpaired) electrons. The summed E-state index contributed by atoms with van der Waals surface area (Å²) in [6, 6.07) is 8.73. The Morgan fingerprint density at radius 2 is 1.89 bits per heavy atom. The maximum atomic E-state index is 4.51. The minimum atomic E-state index is 0.437. The van der Waals surface area contributed by atoms with Gasteiger partial charge in [-0.25, -0.2) is 4.98 Å². The van der Waals surface area contributed by atoms with Crippen molar-refractivity contribution in [3.63, 3.8) is 0 Å². The van der Waals surface area contributed by atoms with Crippen molar-refractivity contribution in [2.75, 3.05) is 5.32 Å². The Morgan fingerprint density at radius 3 is 2.58 bits per heavy atom. The molecule has 1 unspecified atom stereocenters. The highest BCUT2D eigenvalue weighted by atomic mass is 79.9. The molecule has 1 aromatic heterocycles. The predicted molar refractivity (Wildman–Crippen MR) is 86.6 cm³/mol. The number of aromatic nitrogens is 1. The molecule has 2 rings (SSSR count). The fraction of sp³-hybridized carbons (Fsp3) is 0.438. The minimum absolute atomic E-state index is 0.437. The van der Waals surface area contributed by atoms with Gasteiger partial charge in [0.2, 0.25) is 0 Å². The molecular formula is C16H21BrN2. The van der Waals surface area contributed by atoms with Gasteiger partial charge in [0, 0.05) is 27.5 Å². The highest BCUT2D eigenvalue weighted by molar-refractivity contribution is 9.10. The van der Waals surface area contributed by atoms with Crippen molar-refractivity contribution < 1.29 is 0 Å². The molecule has 0 aliphatic carbocycles. The lowest BCUT2D eigenvalue weighted by Crippen LogP contribution is -2.25. The van der Waals surface area contributed by atoms with Crippen molar-refractivity contribution in [1.82, 2.24) is 4.98 Å². The molecule has 3 heteroatoms. The van der Waals surface area contributed by atoms with Gasteiger partial charge in [0.15, 0.2) is 0 Å². The first-order valence-corrected chi connectivity index (χ1v) is 7.76. The number of halogens is 1. The second kappa shape index (κ2) is 6.38. The zero-order valence-corrected chi connectivity index (χ0v) is 13.4. The number of anilines is 1. The minimum Gasteiger partial charge on any atom is -0.367 e. The molecular weight excluding hydrogens is 300 g/mol. The molecule has 0 aliphatic heterocycles. The number of fused-ring (bicyclic) bond motifs is 1. The molecule has 2 aromatic rings. The first-order valence-electron chi connectivity index (χ1n) is 6.97. The third-order valence-electron chi connectivity index (χ3n) is 3.87. The number of nitrogens with one attached hydrogen (secondary N) is 1. The van der Waals surface area contributed by atoms with E-state index in [1.165, 1.54) is 23.6 Å². The summed E-state index contributed by atoms with van der Waals surface area (Å²) in [4.78, 5) is 4.51. The van der Waals surface area contributed by atoms with Crippen LogP contribution in [-0.2, 0) is 0 Å². The maximum absolute atomic E-state index is 4.51. The molecule has 1 aromatic carbocycles. The topological polar surface area (TPSA) is 24.9 Å². The number of pyridine rings is 1. The Kier molecular flexibility index (Phi) is 4.81. The fourth-order valence-electron chi connectivity index (χ4n) is 2.61. The van der Waals surface area contributed by atoms with Crippen molar-refractivity contribution in [1.29, 1.82) is 0 Å². The lowest BCUT2D eigenvalue weighted by Gasteiger charge is -2.23. The summed E-state index contributed by atoms with van der Waals surface area (Å²) in [6.45, 7) is 6.75. The van der Waals surface area contributed by atoms with Crippen LogP contribution in [0.4, 0.5) is 5.82 Å². The van der Waals surface area contributed by atoms with Gasteiger partial charge in [0.1, 0.15) is 5.82 Å². The molecule has 0 fully saturated rings. The lowest BCUT2D eigenvalue weighted by atomic mass is 9.95. The number of benzene rings is 1. The van der Waals surface area contributed by atoms with E-state index in [-0.39, 0.29) is 0 Å². The third kappa shape index (κ3) is 3.08. The Morgan fingerprint density at radius 1 is 1.16 bits per heavy atom. The standard InChI is InChI=1S/C16H21BrN2/c1-4-12(5-2)11(3)19-16-14-7-6-8-15(17)13(14)9-10-18-16/h6-12H,4-5H2,1-3H3,(H,18,19). The van der Waals surface area contributed by atoms with Gasteiger partial charge in [0.25, 0.3) is 0 Å². The quantitative estimate of drug-likeness (QED) is 0.815. The zero-order valence-electron chi connectivity index (χ0n) is 11.8. The van der Waals surface area contributed by atoms with E-state index in [0.717, 1.165) is 10.3 Å². The van der Waals surface area contributed by atoms with Crippen LogP contribution >= 0.6 is 15.9 Å². The van der Waals surface area contributed by atoms with Crippen LogP contribution in [0, 0.1) is 5.92 Å². The Labute approximate surface area is 123 Å². The van der Waals surface area contributed by atoms with Gasteiger partial charge in [-0.2, -0.15) is 0 Å². The van der Waals surface area contributed by atoms with Crippen molar-refractivity contribution >= 4 is 32.5 Å². The van der Waals surface area contributed by atoms with Crippen molar-refractivity contribution in [2.45, 2.75) is 39.7 Å². The van der Waals surface area contributed by atoms with E-state index >= 15 is 0 Å². The molecule has 19 heavy (non-hydrogen) atoms. The molecule has 0 spiro atoms. The summed E-state index contributed by atoms with van der Waals surface area (Å²) in [5, 5.41) is 5.96. The third-order valence-corrected chi connectivity index (χ3v) is 4.56. The molecule has 0 amide bonds. The molecule has 0 aliphatic rings. The van der Waals surface area contributed by atoms with Crippen LogP contribution in [0.3, 0.4) is 0 Å². The van der Waals surface area contributed by atoms with E-state index in [4.69, 9.17) is 0 Å². The van der Waals surface area contributed by atoms with E-state index in [1.54, 1.807) is 0 Å². The lowest BCUT2D eigenvalue weighted by molar-refractivity contribution is 0.437. The van der Waals surface area contributed by atoms with Gasteiger partial charge in [-0.15, -0.1) is 0 Å². The van der Waals surface area contributed by atoms with Crippen LogP contribution < -0.4 is 5.32 Å².